The van der Waals surface area contributed by atoms with E-state index in [0.717, 1.165) is 54.5 Å². The maximum absolute atomic E-state index is 6.40. The Morgan fingerprint density at radius 2 is 1.62 bits per heavy atom. The smallest absolute Gasteiger partial charge is 0.127 e. The molecule has 0 aliphatic heterocycles. The minimum Gasteiger partial charge on any atom is -0.327 e. The van der Waals surface area contributed by atoms with Crippen LogP contribution in [0.4, 0.5) is 0 Å². The predicted molar refractivity (Wildman–Crippen MR) is 138 cm³/mol. The second-order valence-electron chi connectivity index (χ2n) is 7.86. The second kappa shape index (κ2) is 11.0. The quantitative estimate of drug-likeness (QED) is 0.230. The van der Waals surface area contributed by atoms with E-state index >= 15 is 0 Å². The van der Waals surface area contributed by atoms with E-state index in [1.807, 2.05) is 23.9 Å². The first-order valence-corrected chi connectivity index (χ1v) is 12.6. The highest BCUT2D eigenvalue weighted by Crippen LogP contribution is 2.41. The number of hydrogen-bond acceptors (Lipinski definition) is 3. The molecule has 1 aromatic heterocycles. The van der Waals surface area contributed by atoms with Crippen LogP contribution in [0.15, 0.2) is 83.8 Å². The number of benzene rings is 3. The predicted octanol–water partition coefficient (Wildman–Crippen LogP) is 7.30. The van der Waals surface area contributed by atoms with E-state index in [1.165, 1.54) is 10.5 Å². The number of rotatable bonds is 10. The third-order valence-corrected chi connectivity index (χ3v) is 7.32. The van der Waals surface area contributed by atoms with Crippen LogP contribution in [0.25, 0.3) is 11.0 Å². The molecular weight excluding hydrogens is 434 g/mol. The number of aromatic nitrogens is 2. The summed E-state index contributed by atoms with van der Waals surface area (Å²) in [5, 5.41) is 0.846. The van der Waals surface area contributed by atoms with Crippen LogP contribution in [-0.4, -0.2) is 34.1 Å². The van der Waals surface area contributed by atoms with Gasteiger partial charge in [-0.25, -0.2) is 4.98 Å². The van der Waals surface area contributed by atoms with Gasteiger partial charge in [-0.3, -0.25) is 0 Å². The molecule has 1 unspecified atom stereocenters. The van der Waals surface area contributed by atoms with Gasteiger partial charge >= 0.3 is 0 Å². The molecule has 0 bridgehead atoms. The van der Waals surface area contributed by atoms with Gasteiger partial charge in [-0.05, 0) is 62.0 Å². The van der Waals surface area contributed by atoms with Crippen molar-refractivity contribution in [1.29, 1.82) is 0 Å². The summed E-state index contributed by atoms with van der Waals surface area (Å²) >= 11 is 8.25. The number of thioether (sulfide) groups is 1. The van der Waals surface area contributed by atoms with Crippen molar-refractivity contribution in [3.8, 4) is 0 Å². The van der Waals surface area contributed by atoms with Crippen molar-refractivity contribution < 1.29 is 0 Å². The standard InChI is InChI=1S/C27H30ClN3S/c1-3-30(4-2)18-11-19-31-25-20-22(28)16-17-24(25)29-27(31)26(21-12-7-5-8-13-21)32-23-14-9-6-10-15-23/h5-10,12-17,20,26H,3-4,11,18-19H2,1-2H3. The van der Waals surface area contributed by atoms with Crippen LogP contribution >= 0.6 is 23.4 Å². The van der Waals surface area contributed by atoms with Crippen molar-refractivity contribution in [2.75, 3.05) is 19.6 Å². The fourth-order valence-electron chi connectivity index (χ4n) is 4.07. The summed E-state index contributed by atoms with van der Waals surface area (Å²) in [5.74, 6) is 1.09. The molecule has 166 valence electrons. The van der Waals surface area contributed by atoms with E-state index in [1.54, 1.807) is 0 Å². The normalized spacial score (nSPS) is 12.5. The van der Waals surface area contributed by atoms with Gasteiger partial charge < -0.3 is 9.47 Å². The zero-order chi connectivity index (χ0) is 22.3. The van der Waals surface area contributed by atoms with E-state index in [4.69, 9.17) is 16.6 Å². The molecule has 0 radical (unpaired) electrons. The average molecular weight is 464 g/mol. The van der Waals surface area contributed by atoms with Crippen molar-refractivity contribution in [2.45, 2.75) is 37.0 Å². The summed E-state index contributed by atoms with van der Waals surface area (Å²) in [4.78, 5) is 8.84. The largest absolute Gasteiger partial charge is 0.327 e. The molecular formula is C27H30ClN3S. The molecule has 4 aromatic rings. The first-order valence-electron chi connectivity index (χ1n) is 11.3. The summed E-state index contributed by atoms with van der Waals surface area (Å²) in [6.45, 7) is 8.61. The maximum Gasteiger partial charge on any atom is 0.127 e. The first kappa shape index (κ1) is 22.9. The van der Waals surface area contributed by atoms with E-state index < -0.39 is 0 Å². The van der Waals surface area contributed by atoms with Gasteiger partial charge in [0.25, 0.3) is 0 Å². The Bertz CT molecular complexity index is 1120. The Balaban J connectivity index is 1.76. The van der Waals surface area contributed by atoms with Gasteiger partial charge in [-0.15, -0.1) is 11.8 Å². The average Bonchev–Trinajstić information content (AvgIpc) is 3.19. The molecule has 0 aliphatic rings. The zero-order valence-corrected chi connectivity index (χ0v) is 20.3. The molecule has 3 nitrogen and oxygen atoms in total. The van der Waals surface area contributed by atoms with Gasteiger partial charge in [0.05, 0.1) is 16.3 Å². The number of halogens is 1. The Kier molecular flexibility index (Phi) is 7.90. The van der Waals surface area contributed by atoms with Gasteiger partial charge in [0.2, 0.25) is 0 Å². The molecule has 32 heavy (non-hydrogen) atoms. The van der Waals surface area contributed by atoms with E-state index in [9.17, 15) is 0 Å². The number of hydrogen-bond donors (Lipinski definition) is 0. The molecule has 0 amide bonds. The molecule has 0 spiro atoms. The highest BCUT2D eigenvalue weighted by molar-refractivity contribution is 7.99. The van der Waals surface area contributed by atoms with Crippen molar-refractivity contribution >= 4 is 34.4 Å². The number of fused-ring (bicyclic) bond motifs is 1. The summed E-state index contributed by atoms with van der Waals surface area (Å²) in [6.07, 6.45) is 1.07. The fourth-order valence-corrected chi connectivity index (χ4v) is 5.41. The summed E-state index contributed by atoms with van der Waals surface area (Å²) in [7, 11) is 0. The Morgan fingerprint density at radius 3 is 2.31 bits per heavy atom. The minimum absolute atomic E-state index is 0.0956. The van der Waals surface area contributed by atoms with Crippen LogP contribution in [0.5, 0.6) is 0 Å². The molecule has 0 saturated heterocycles. The lowest BCUT2D eigenvalue weighted by atomic mass is 10.1. The van der Waals surface area contributed by atoms with Crippen LogP contribution in [0.3, 0.4) is 0 Å². The van der Waals surface area contributed by atoms with E-state index in [2.05, 4.69) is 90.0 Å². The molecule has 5 heteroatoms. The van der Waals surface area contributed by atoms with Crippen LogP contribution < -0.4 is 0 Å². The molecule has 0 aliphatic carbocycles. The van der Waals surface area contributed by atoms with Gasteiger partial charge in [0, 0.05) is 16.5 Å². The molecule has 0 saturated carbocycles. The molecule has 4 rings (SSSR count). The van der Waals surface area contributed by atoms with Crippen LogP contribution in [0.1, 0.15) is 36.9 Å². The van der Waals surface area contributed by atoms with E-state index in [0.29, 0.717) is 0 Å². The molecule has 3 aromatic carbocycles. The van der Waals surface area contributed by atoms with Gasteiger partial charge in [-0.1, -0.05) is 74.0 Å². The first-order chi connectivity index (χ1) is 15.7. The highest BCUT2D eigenvalue weighted by atomic mass is 35.5. The molecule has 1 heterocycles. The molecule has 1 atom stereocenters. The zero-order valence-electron chi connectivity index (χ0n) is 18.7. The molecule has 0 N–H and O–H groups in total. The van der Waals surface area contributed by atoms with E-state index in [-0.39, 0.29) is 5.25 Å². The number of nitrogens with zero attached hydrogens (tertiary/aromatic N) is 3. The van der Waals surface area contributed by atoms with Crippen LogP contribution in [0, 0.1) is 0 Å². The number of aryl methyl sites for hydroxylation is 1. The highest BCUT2D eigenvalue weighted by Gasteiger charge is 2.23. The van der Waals surface area contributed by atoms with Crippen molar-refractivity contribution in [2.24, 2.45) is 0 Å². The topological polar surface area (TPSA) is 21.1 Å². The summed E-state index contributed by atoms with van der Waals surface area (Å²) in [6, 6.07) is 27.3. The fraction of sp³-hybridized carbons (Fsp3) is 0.296. The van der Waals surface area contributed by atoms with Crippen LogP contribution in [-0.2, 0) is 6.54 Å². The second-order valence-corrected chi connectivity index (χ2v) is 9.47. The lowest BCUT2D eigenvalue weighted by Crippen LogP contribution is -2.25. The van der Waals surface area contributed by atoms with Gasteiger partial charge in [0.1, 0.15) is 5.82 Å². The maximum atomic E-state index is 6.40. The van der Waals surface area contributed by atoms with Gasteiger partial charge in [0.15, 0.2) is 0 Å². The minimum atomic E-state index is 0.0956. The van der Waals surface area contributed by atoms with Gasteiger partial charge in [-0.2, -0.15) is 0 Å². The third kappa shape index (κ3) is 5.37. The van der Waals surface area contributed by atoms with Crippen molar-refractivity contribution in [3.63, 3.8) is 0 Å². The third-order valence-electron chi connectivity index (χ3n) is 5.82. The number of imidazole rings is 1. The van der Waals surface area contributed by atoms with Crippen LogP contribution in [0.2, 0.25) is 5.02 Å². The Labute approximate surface area is 200 Å². The summed E-state index contributed by atoms with van der Waals surface area (Å²) in [5.41, 5.74) is 3.37. The SMILES string of the molecule is CCN(CC)CCCn1c(C(Sc2ccccc2)c2ccccc2)nc2ccc(Cl)cc21. The molecule has 0 fully saturated rings. The lowest BCUT2D eigenvalue weighted by Gasteiger charge is -2.21. The van der Waals surface area contributed by atoms with Crippen molar-refractivity contribution in [3.05, 3.63) is 95.3 Å². The lowest BCUT2D eigenvalue weighted by molar-refractivity contribution is 0.293. The van der Waals surface area contributed by atoms with Crippen molar-refractivity contribution in [1.82, 2.24) is 14.5 Å². The monoisotopic (exact) mass is 463 g/mol. The Morgan fingerprint density at radius 1 is 0.938 bits per heavy atom. The summed E-state index contributed by atoms with van der Waals surface area (Å²) < 4.78 is 2.39. The Hall–Kier alpha value is -2.27.